The molecule has 0 saturated carbocycles. The number of methoxy groups -OCH3 is 1. The second-order valence-electron chi connectivity index (χ2n) is 3.01. The van der Waals surface area contributed by atoms with Crippen LogP contribution in [0.5, 0.6) is 5.88 Å². The highest BCUT2D eigenvalue weighted by Crippen LogP contribution is 2.18. The molecule has 0 amide bonds. The van der Waals surface area contributed by atoms with Gasteiger partial charge in [0.2, 0.25) is 5.88 Å². The first kappa shape index (κ1) is 7.53. The van der Waals surface area contributed by atoms with Crippen molar-refractivity contribution in [3.05, 3.63) is 17.6 Å². The molecule has 0 N–H and O–H groups in total. The minimum atomic E-state index is 0.635. The molecule has 0 fully saturated rings. The maximum atomic E-state index is 5.01. The molecular formula is C9H12N2O. The van der Waals surface area contributed by atoms with Gasteiger partial charge in [-0.3, -0.25) is 4.98 Å². The highest BCUT2D eigenvalue weighted by atomic mass is 16.5. The van der Waals surface area contributed by atoms with E-state index in [0.29, 0.717) is 5.88 Å². The summed E-state index contributed by atoms with van der Waals surface area (Å²) >= 11 is 0. The van der Waals surface area contributed by atoms with Gasteiger partial charge in [-0.05, 0) is 25.7 Å². The molecule has 0 aliphatic heterocycles. The Morgan fingerprint density at radius 1 is 1.25 bits per heavy atom. The van der Waals surface area contributed by atoms with Gasteiger partial charge >= 0.3 is 0 Å². The summed E-state index contributed by atoms with van der Waals surface area (Å²) in [5.41, 5.74) is 2.28. The van der Waals surface area contributed by atoms with E-state index in [0.717, 1.165) is 24.2 Å². The van der Waals surface area contributed by atoms with Crippen LogP contribution in [0.4, 0.5) is 0 Å². The summed E-state index contributed by atoms with van der Waals surface area (Å²) in [5.74, 6) is 0.635. The molecule has 64 valence electrons. The number of ether oxygens (including phenoxy) is 1. The van der Waals surface area contributed by atoms with Gasteiger partial charge in [-0.15, -0.1) is 0 Å². The first-order chi connectivity index (χ1) is 5.90. The van der Waals surface area contributed by atoms with Crippen LogP contribution < -0.4 is 4.74 Å². The zero-order chi connectivity index (χ0) is 8.39. The van der Waals surface area contributed by atoms with Crippen LogP contribution in [0.15, 0.2) is 6.20 Å². The minimum absolute atomic E-state index is 0.635. The molecule has 1 heterocycles. The Labute approximate surface area is 71.8 Å². The molecule has 1 aromatic rings. The van der Waals surface area contributed by atoms with Crippen molar-refractivity contribution in [3.8, 4) is 5.88 Å². The van der Waals surface area contributed by atoms with E-state index in [1.165, 1.54) is 12.8 Å². The lowest BCUT2D eigenvalue weighted by molar-refractivity contribution is 0.391. The number of aryl methyl sites for hydroxylation is 2. The van der Waals surface area contributed by atoms with Crippen LogP contribution in [0.2, 0.25) is 0 Å². The fraction of sp³-hybridized carbons (Fsp3) is 0.556. The van der Waals surface area contributed by atoms with E-state index < -0.39 is 0 Å². The van der Waals surface area contributed by atoms with Gasteiger partial charge < -0.3 is 4.74 Å². The standard InChI is InChI=1S/C9H12N2O/c1-12-9-6-10-7-4-2-3-5-8(7)11-9/h6H,2-5H2,1H3. The summed E-state index contributed by atoms with van der Waals surface area (Å²) in [6, 6.07) is 0. The van der Waals surface area contributed by atoms with Gasteiger partial charge in [-0.2, -0.15) is 0 Å². The third-order valence-corrected chi connectivity index (χ3v) is 2.20. The average Bonchev–Trinajstić information content (AvgIpc) is 2.17. The fourth-order valence-electron chi connectivity index (χ4n) is 1.53. The average molecular weight is 164 g/mol. The molecule has 1 aliphatic carbocycles. The molecule has 0 unspecified atom stereocenters. The normalized spacial score (nSPS) is 15.4. The van der Waals surface area contributed by atoms with Gasteiger partial charge in [-0.25, -0.2) is 4.98 Å². The van der Waals surface area contributed by atoms with Crippen molar-refractivity contribution in [2.45, 2.75) is 25.7 Å². The summed E-state index contributed by atoms with van der Waals surface area (Å²) in [6.45, 7) is 0. The highest BCUT2D eigenvalue weighted by Gasteiger charge is 2.12. The smallest absolute Gasteiger partial charge is 0.232 e. The SMILES string of the molecule is COc1cnc2c(n1)CCCC2. The molecule has 0 spiro atoms. The first-order valence-electron chi connectivity index (χ1n) is 4.29. The van der Waals surface area contributed by atoms with Crippen LogP contribution in [-0.2, 0) is 12.8 Å². The molecule has 0 atom stereocenters. The maximum absolute atomic E-state index is 5.01. The van der Waals surface area contributed by atoms with Crippen LogP contribution in [0.1, 0.15) is 24.2 Å². The summed E-state index contributed by atoms with van der Waals surface area (Å²) in [5, 5.41) is 0. The quantitative estimate of drug-likeness (QED) is 0.628. The predicted molar refractivity (Wildman–Crippen MR) is 45.2 cm³/mol. The predicted octanol–water partition coefficient (Wildman–Crippen LogP) is 1.36. The largest absolute Gasteiger partial charge is 0.480 e. The van der Waals surface area contributed by atoms with Crippen molar-refractivity contribution in [2.75, 3.05) is 7.11 Å². The van der Waals surface area contributed by atoms with Crippen molar-refractivity contribution in [1.82, 2.24) is 9.97 Å². The molecule has 1 aromatic heterocycles. The van der Waals surface area contributed by atoms with Gasteiger partial charge in [0.25, 0.3) is 0 Å². The zero-order valence-corrected chi connectivity index (χ0v) is 7.21. The van der Waals surface area contributed by atoms with E-state index in [1.807, 2.05) is 0 Å². The zero-order valence-electron chi connectivity index (χ0n) is 7.21. The van der Waals surface area contributed by atoms with E-state index in [1.54, 1.807) is 13.3 Å². The Kier molecular flexibility index (Phi) is 1.94. The van der Waals surface area contributed by atoms with E-state index in [-0.39, 0.29) is 0 Å². The van der Waals surface area contributed by atoms with Crippen molar-refractivity contribution in [3.63, 3.8) is 0 Å². The third-order valence-electron chi connectivity index (χ3n) is 2.20. The Morgan fingerprint density at radius 2 is 2.00 bits per heavy atom. The lowest BCUT2D eigenvalue weighted by atomic mass is 10.0. The Bertz CT molecular complexity index is 286. The van der Waals surface area contributed by atoms with Crippen LogP contribution >= 0.6 is 0 Å². The van der Waals surface area contributed by atoms with Crippen LogP contribution in [0.3, 0.4) is 0 Å². The molecule has 12 heavy (non-hydrogen) atoms. The Hall–Kier alpha value is -1.12. The second kappa shape index (κ2) is 3.09. The number of hydrogen-bond donors (Lipinski definition) is 0. The van der Waals surface area contributed by atoms with Gasteiger partial charge in [0.15, 0.2) is 0 Å². The highest BCUT2D eigenvalue weighted by molar-refractivity contribution is 5.19. The fourth-order valence-corrected chi connectivity index (χ4v) is 1.53. The molecule has 1 aliphatic rings. The van der Waals surface area contributed by atoms with Gasteiger partial charge in [-0.1, -0.05) is 0 Å². The number of fused-ring (bicyclic) bond motifs is 1. The summed E-state index contributed by atoms with van der Waals surface area (Å²) in [4.78, 5) is 8.65. The molecule has 0 saturated heterocycles. The molecular weight excluding hydrogens is 152 g/mol. The van der Waals surface area contributed by atoms with E-state index in [2.05, 4.69) is 9.97 Å². The summed E-state index contributed by atoms with van der Waals surface area (Å²) in [7, 11) is 1.62. The van der Waals surface area contributed by atoms with Gasteiger partial charge in [0, 0.05) is 0 Å². The number of hydrogen-bond acceptors (Lipinski definition) is 3. The first-order valence-corrected chi connectivity index (χ1v) is 4.29. The molecule has 0 aromatic carbocycles. The van der Waals surface area contributed by atoms with Crippen molar-refractivity contribution in [2.24, 2.45) is 0 Å². The minimum Gasteiger partial charge on any atom is -0.480 e. The lowest BCUT2D eigenvalue weighted by Crippen LogP contribution is -2.08. The molecule has 2 rings (SSSR count). The van der Waals surface area contributed by atoms with Crippen LogP contribution in [0, 0.1) is 0 Å². The number of rotatable bonds is 1. The molecule has 0 bridgehead atoms. The summed E-state index contributed by atoms with van der Waals surface area (Å²) in [6.07, 6.45) is 6.30. The monoisotopic (exact) mass is 164 g/mol. The number of aromatic nitrogens is 2. The Morgan fingerprint density at radius 3 is 2.75 bits per heavy atom. The van der Waals surface area contributed by atoms with E-state index >= 15 is 0 Å². The van der Waals surface area contributed by atoms with E-state index in [4.69, 9.17) is 4.74 Å². The van der Waals surface area contributed by atoms with E-state index in [9.17, 15) is 0 Å². The lowest BCUT2D eigenvalue weighted by Gasteiger charge is -2.13. The molecule has 0 radical (unpaired) electrons. The third kappa shape index (κ3) is 1.26. The second-order valence-corrected chi connectivity index (χ2v) is 3.01. The van der Waals surface area contributed by atoms with Crippen molar-refractivity contribution >= 4 is 0 Å². The van der Waals surface area contributed by atoms with Gasteiger partial charge in [0.05, 0.1) is 24.7 Å². The Balaban J connectivity index is 2.36. The summed E-state index contributed by atoms with van der Waals surface area (Å²) < 4.78 is 5.01. The maximum Gasteiger partial charge on any atom is 0.232 e. The molecule has 3 nitrogen and oxygen atoms in total. The van der Waals surface area contributed by atoms with Crippen LogP contribution in [0.25, 0.3) is 0 Å². The molecule has 3 heteroatoms. The van der Waals surface area contributed by atoms with Gasteiger partial charge in [0.1, 0.15) is 0 Å². The topological polar surface area (TPSA) is 35.0 Å². The van der Waals surface area contributed by atoms with Crippen molar-refractivity contribution < 1.29 is 4.74 Å². The number of nitrogens with zero attached hydrogens (tertiary/aromatic N) is 2. The van der Waals surface area contributed by atoms with Crippen LogP contribution in [-0.4, -0.2) is 17.1 Å². The van der Waals surface area contributed by atoms with Crippen molar-refractivity contribution in [1.29, 1.82) is 0 Å².